The van der Waals surface area contributed by atoms with E-state index >= 15 is 0 Å². The van der Waals surface area contributed by atoms with Crippen LogP contribution >= 0.6 is 0 Å². The zero-order chi connectivity index (χ0) is 15.4. The monoisotopic (exact) mass is 301 g/mol. The van der Waals surface area contributed by atoms with Crippen LogP contribution in [0.1, 0.15) is 49.0 Å². The first kappa shape index (κ1) is 14.6. The van der Waals surface area contributed by atoms with Crippen molar-refractivity contribution in [1.82, 2.24) is 15.3 Å². The normalized spacial score (nSPS) is 16.2. The maximum Gasteiger partial charge on any atom is 0.346 e. The van der Waals surface area contributed by atoms with Crippen molar-refractivity contribution in [2.75, 3.05) is 0 Å². The number of H-pyrrole nitrogens is 1. The Morgan fingerprint density at radius 1 is 1.27 bits per heavy atom. The molecule has 2 aromatic heterocycles. The summed E-state index contributed by atoms with van der Waals surface area (Å²) in [5, 5.41) is 2.99. The summed E-state index contributed by atoms with van der Waals surface area (Å²) < 4.78 is 5.25. The van der Waals surface area contributed by atoms with Crippen LogP contribution in [-0.4, -0.2) is 21.9 Å². The topological polar surface area (TPSA) is 88.0 Å². The lowest BCUT2D eigenvalue weighted by Crippen LogP contribution is -2.36. The molecule has 2 heterocycles. The van der Waals surface area contributed by atoms with Gasteiger partial charge in [0.2, 0.25) is 0 Å². The van der Waals surface area contributed by atoms with E-state index in [0.29, 0.717) is 11.5 Å². The van der Waals surface area contributed by atoms with Crippen LogP contribution in [0.15, 0.2) is 33.7 Å². The molecule has 2 aromatic rings. The molecular weight excluding hydrogens is 282 g/mol. The van der Waals surface area contributed by atoms with Gasteiger partial charge in [0.25, 0.3) is 5.91 Å². The number of amides is 1. The lowest BCUT2D eigenvalue weighted by atomic mass is 10.1. The highest BCUT2D eigenvalue weighted by Gasteiger charge is 2.18. The molecule has 1 aliphatic rings. The Morgan fingerprint density at radius 2 is 2.05 bits per heavy atom. The lowest BCUT2D eigenvalue weighted by Gasteiger charge is -2.15. The van der Waals surface area contributed by atoms with E-state index in [4.69, 9.17) is 4.42 Å². The number of carbonyl (C=O) groups excluding carboxylic acids is 1. The third kappa shape index (κ3) is 3.44. The third-order valence-electron chi connectivity index (χ3n) is 3.95. The van der Waals surface area contributed by atoms with E-state index in [2.05, 4.69) is 15.3 Å². The Morgan fingerprint density at radius 3 is 2.73 bits per heavy atom. The Labute approximate surface area is 128 Å². The second kappa shape index (κ2) is 6.60. The Bertz CT molecular complexity index is 683. The molecule has 116 valence electrons. The largest absolute Gasteiger partial charge is 0.463 e. The molecule has 0 radical (unpaired) electrons. The van der Waals surface area contributed by atoms with Crippen molar-refractivity contribution < 1.29 is 9.21 Å². The van der Waals surface area contributed by atoms with Crippen molar-refractivity contribution in [3.8, 4) is 11.5 Å². The molecule has 0 aromatic carbocycles. The van der Waals surface area contributed by atoms with Crippen LogP contribution in [-0.2, 0) is 0 Å². The van der Waals surface area contributed by atoms with Gasteiger partial charge in [-0.05, 0) is 31.0 Å². The smallest absolute Gasteiger partial charge is 0.346 e. The van der Waals surface area contributed by atoms with Crippen molar-refractivity contribution in [2.45, 2.75) is 44.6 Å². The number of nitrogens with zero attached hydrogens (tertiary/aromatic N) is 1. The van der Waals surface area contributed by atoms with Crippen molar-refractivity contribution in [1.29, 1.82) is 0 Å². The fourth-order valence-corrected chi connectivity index (χ4v) is 2.82. The third-order valence-corrected chi connectivity index (χ3v) is 3.95. The lowest BCUT2D eigenvalue weighted by molar-refractivity contribution is 0.0928. The minimum Gasteiger partial charge on any atom is -0.463 e. The number of hydrogen-bond donors (Lipinski definition) is 2. The standard InChI is InChI=1S/C16H19N3O3/c20-15(17-11-6-3-1-2-4-7-11)13-10-12(18-16(21)19-13)14-8-5-9-22-14/h5,8-11H,1-4,6-7H2,(H,17,20)(H,18,19,21). The van der Waals surface area contributed by atoms with Gasteiger partial charge in [0.15, 0.2) is 0 Å². The molecule has 1 aliphatic carbocycles. The Hall–Kier alpha value is -2.37. The van der Waals surface area contributed by atoms with Gasteiger partial charge in [-0.3, -0.25) is 4.79 Å². The van der Waals surface area contributed by atoms with Gasteiger partial charge in [0, 0.05) is 6.04 Å². The number of aromatic nitrogens is 2. The van der Waals surface area contributed by atoms with Gasteiger partial charge in [-0.25, -0.2) is 4.79 Å². The SMILES string of the molecule is O=C(NC1CCCCCC1)c1cc(-c2ccco2)[nH]c(=O)n1. The van der Waals surface area contributed by atoms with Gasteiger partial charge in [0.05, 0.1) is 12.0 Å². The van der Waals surface area contributed by atoms with Crippen LogP contribution < -0.4 is 11.0 Å². The highest BCUT2D eigenvalue weighted by molar-refractivity contribution is 5.93. The second-order valence-electron chi connectivity index (χ2n) is 5.62. The first-order valence-electron chi connectivity index (χ1n) is 7.68. The van der Waals surface area contributed by atoms with E-state index in [9.17, 15) is 9.59 Å². The average molecular weight is 301 g/mol. The number of carbonyl (C=O) groups is 1. The molecule has 6 heteroatoms. The highest BCUT2D eigenvalue weighted by Crippen LogP contribution is 2.18. The minimum absolute atomic E-state index is 0.124. The fourth-order valence-electron chi connectivity index (χ4n) is 2.82. The average Bonchev–Trinajstić information content (AvgIpc) is 2.93. The minimum atomic E-state index is -0.556. The molecule has 6 nitrogen and oxygen atoms in total. The van der Waals surface area contributed by atoms with E-state index < -0.39 is 5.69 Å². The molecule has 0 saturated heterocycles. The quantitative estimate of drug-likeness (QED) is 0.852. The summed E-state index contributed by atoms with van der Waals surface area (Å²) >= 11 is 0. The number of rotatable bonds is 3. The number of aromatic amines is 1. The first-order valence-corrected chi connectivity index (χ1v) is 7.68. The molecule has 0 bridgehead atoms. The van der Waals surface area contributed by atoms with Gasteiger partial charge in [0.1, 0.15) is 11.5 Å². The van der Waals surface area contributed by atoms with Crippen molar-refractivity contribution in [2.24, 2.45) is 0 Å². The highest BCUT2D eigenvalue weighted by atomic mass is 16.3. The van der Waals surface area contributed by atoms with Gasteiger partial charge in [-0.1, -0.05) is 25.7 Å². The summed E-state index contributed by atoms with van der Waals surface area (Å²) in [5.41, 5.74) is 0.0235. The summed E-state index contributed by atoms with van der Waals surface area (Å²) in [5.74, 6) is 0.203. The molecule has 1 saturated carbocycles. The van der Waals surface area contributed by atoms with Crippen LogP contribution in [0.3, 0.4) is 0 Å². The van der Waals surface area contributed by atoms with E-state index in [1.165, 1.54) is 19.1 Å². The van der Waals surface area contributed by atoms with E-state index in [1.54, 1.807) is 18.2 Å². The van der Waals surface area contributed by atoms with Crippen LogP contribution in [0.25, 0.3) is 11.5 Å². The maximum atomic E-state index is 12.3. The molecule has 0 spiro atoms. The molecule has 3 rings (SSSR count). The second-order valence-corrected chi connectivity index (χ2v) is 5.62. The van der Waals surface area contributed by atoms with Gasteiger partial charge in [-0.2, -0.15) is 4.98 Å². The molecule has 22 heavy (non-hydrogen) atoms. The summed E-state index contributed by atoms with van der Waals surface area (Å²) in [6.45, 7) is 0. The molecule has 1 fully saturated rings. The van der Waals surface area contributed by atoms with Crippen LogP contribution in [0, 0.1) is 0 Å². The molecule has 0 unspecified atom stereocenters. The first-order chi connectivity index (χ1) is 10.7. The van der Waals surface area contributed by atoms with Crippen LogP contribution in [0.5, 0.6) is 0 Å². The zero-order valence-electron chi connectivity index (χ0n) is 12.3. The number of furan rings is 1. The molecule has 0 atom stereocenters. The predicted octanol–water partition coefficient (Wildman–Crippen LogP) is 2.48. The summed E-state index contributed by atoms with van der Waals surface area (Å²) in [7, 11) is 0. The van der Waals surface area contributed by atoms with E-state index in [-0.39, 0.29) is 17.6 Å². The van der Waals surface area contributed by atoms with Gasteiger partial charge >= 0.3 is 5.69 Å². The predicted molar refractivity (Wildman–Crippen MR) is 81.5 cm³/mol. The summed E-state index contributed by atoms with van der Waals surface area (Å²) in [4.78, 5) is 30.4. The van der Waals surface area contributed by atoms with Gasteiger partial charge in [-0.15, -0.1) is 0 Å². The maximum absolute atomic E-state index is 12.3. The van der Waals surface area contributed by atoms with E-state index in [0.717, 1.165) is 25.7 Å². The van der Waals surface area contributed by atoms with Crippen molar-refractivity contribution in [3.05, 3.63) is 40.6 Å². The molecular formula is C16H19N3O3. The number of nitrogens with one attached hydrogen (secondary N) is 2. The fraction of sp³-hybridized carbons (Fsp3) is 0.438. The van der Waals surface area contributed by atoms with Gasteiger partial charge < -0.3 is 14.7 Å². The number of hydrogen-bond acceptors (Lipinski definition) is 4. The van der Waals surface area contributed by atoms with Crippen molar-refractivity contribution in [3.63, 3.8) is 0 Å². The van der Waals surface area contributed by atoms with E-state index in [1.807, 2.05) is 0 Å². The molecule has 2 N–H and O–H groups in total. The Balaban J connectivity index is 1.78. The molecule has 0 aliphatic heterocycles. The zero-order valence-corrected chi connectivity index (χ0v) is 12.3. The van der Waals surface area contributed by atoms with Crippen LogP contribution in [0.4, 0.5) is 0 Å². The molecule has 1 amide bonds. The summed E-state index contributed by atoms with van der Waals surface area (Å²) in [6, 6.07) is 5.16. The van der Waals surface area contributed by atoms with Crippen LogP contribution in [0.2, 0.25) is 0 Å². The Kier molecular flexibility index (Phi) is 4.37. The summed E-state index contributed by atoms with van der Waals surface area (Å²) in [6.07, 6.45) is 8.19. The van der Waals surface area contributed by atoms with Crippen molar-refractivity contribution >= 4 is 5.91 Å².